The lowest BCUT2D eigenvalue weighted by Crippen LogP contribution is -2.13. The molecular weight excluding hydrogens is 586 g/mol. The zero-order chi connectivity index (χ0) is 20.1. The summed E-state index contributed by atoms with van der Waals surface area (Å²) in [5, 5.41) is 0. The third-order valence-corrected chi connectivity index (χ3v) is 5.59. The fourth-order valence-corrected chi connectivity index (χ4v) is 3.55. The van der Waals surface area contributed by atoms with E-state index < -0.39 is 11.9 Å². The van der Waals surface area contributed by atoms with Crippen LogP contribution in [0.2, 0.25) is 0 Å². The summed E-state index contributed by atoms with van der Waals surface area (Å²) in [6, 6.07) is 18.2. The second-order valence-electron chi connectivity index (χ2n) is 5.56. The zero-order valence-electron chi connectivity index (χ0n) is 14.2. The van der Waals surface area contributed by atoms with Gasteiger partial charge in [0.1, 0.15) is 11.5 Å². The second kappa shape index (κ2) is 9.28. The van der Waals surface area contributed by atoms with Gasteiger partial charge in [-0.15, -0.1) is 0 Å². The summed E-state index contributed by atoms with van der Waals surface area (Å²) in [7, 11) is 0. The summed E-state index contributed by atoms with van der Waals surface area (Å²) in [5.41, 5.74) is 0.967. The van der Waals surface area contributed by atoms with Gasteiger partial charge >= 0.3 is 11.9 Å². The first kappa shape index (κ1) is 20.5. The molecule has 3 rings (SSSR count). The summed E-state index contributed by atoms with van der Waals surface area (Å²) in [4.78, 5) is 36.1. The van der Waals surface area contributed by atoms with Crippen molar-refractivity contribution in [3.63, 3.8) is 0 Å². The molecule has 7 heteroatoms. The van der Waals surface area contributed by atoms with Crippen molar-refractivity contribution >= 4 is 63.4 Å². The van der Waals surface area contributed by atoms with Crippen LogP contribution >= 0.6 is 45.2 Å². The molecule has 0 bridgehead atoms. The molecule has 0 spiro atoms. The van der Waals surface area contributed by atoms with Crippen LogP contribution in [0.25, 0.3) is 0 Å². The molecule has 0 radical (unpaired) electrons. The molecule has 0 saturated heterocycles. The van der Waals surface area contributed by atoms with Crippen molar-refractivity contribution in [1.29, 1.82) is 0 Å². The van der Waals surface area contributed by atoms with Gasteiger partial charge in [0.05, 0.1) is 16.7 Å². The molecule has 0 aliphatic rings. The van der Waals surface area contributed by atoms with E-state index in [1.165, 1.54) is 18.2 Å². The maximum atomic E-state index is 12.5. The van der Waals surface area contributed by atoms with Crippen LogP contribution in [0.4, 0.5) is 0 Å². The molecule has 0 heterocycles. The quantitative estimate of drug-likeness (QED) is 0.176. The lowest BCUT2D eigenvalue weighted by Gasteiger charge is -2.11. The van der Waals surface area contributed by atoms with Crippen molar-refractivity contribution in [2.75, 3.05) is 0 Å². The minimum absolute atomic E-state index is 0.0210. The Hall–Kier alpha value is -2.27. The smallest absolute Gasteiger partial charge is 0.344 e. The molecule has 0 atom stereocenters. The van der Waals surface area contributed by atoms with Crippen LogP contribution in [0.3, 0.4) is 0 Å². The molecular formula is C21H12I2O5. The van der Waals surface area contributed by atoms with Gasteiger partial charge in [0.25, 0.3) is 0 Å². The van der Waals surface area contributed by atoms with E-state index >= 15 is 0 Å². The summed E-state index contributed by atoms with van der Waals surface area (Å²) >= 11 is 4.07. The summed E-state index contributed by atoms with van der Waals surface area (Å²) < 4.78 is 12.2. The predicted octanol–water partition coefficient (Wildman–Crippen LogP) is 5.15. The van der Waals surface area contributed by atoms with Gasteiger partial charge in [-0.2, -0.15) is 0 Å². The Morgan fingerprint density at radius 2 is 1.29 bits per heavy atom. The van der Waals surface area contributed by atoms with Gasteiger partial charge in [-0.05, 0) is 81.6 Å². The third-order valence-electron chi connectivity index (χ3n) is 3.71. The highest BCUT2D eigenvalue weighted by Crippen LogP contribution is 2.26. The molecule has 140 valence electrons. The maximum absolute atomic E-state index is 12.5. The summed E-state index contributed by atoms with van der Waals surface area (Å²) in [6.45, 7) is 0. The first-order valence-electron chi connectivity index (χ1n) is 8.02. The average molecular weight is 598 g/mol. The van der Waals surface area contributed by atoms with E-state index in [1.54, 1.807) is 42.5 Å². The van der Waals surface area contributed by atoms with Crippen LogP contribution in [0.1, 0.15) is 31.1 Å². The fraction of sp³-hybridized carbons (Fsp3) is 0. The monoisotopic (exact) mass is 598 g/mol. The molecule has 28 heavy (non-hydrogen) atoms. The number of hydrogen-bond acceptors (Lipinski definition) is 5. The van der Waals surface area contributed by atoms with Gasteiger partial charge in [0, 0.05) is 13.2 Å². The fourth-order valence-electron chi connectivity index (χ4n) is 2.33. The van der Waals surface area contributed by atoms with E-state index in [4.69, 9.17) is 9.47 Å². The van der Waals surface area contributed by atoms with Crippen molar-refractivity contribution in [3.05, 3.63) is 90.6 Å². The van der Waals surface area contributed by atoms with E-state index in [0.29, 0.717) is 17.4 Å². The van der Waals surface area contributed by atoms with Crippen molar-refractivity contribution in [3.8, 4) is 11.5 Å². The largest absolute Gasteiger partial charge is 0.423 e. The van der Waals surface area contributed by atoms with Crippen molar-refractivity contribution < 1.29 is 23.9 Å². The van der Waals surface area contributed by atoms with E-state index in [2.05, 4.69) is 0 Å². The van der Waals surface area contributed by atoms with Crippen LogP contribution < -0.4 is 9.47 Å². The van der Waals surface area contributed by atoms with Crippen LogP contribution in [0.15, 0.2) is 66.7 Å². The van der Waals surface area contributed by atoms with Crippen LogP contribution in [-0.2, 0) is 0 Å². The average Bonchev–Trinajstić information content (AvgIpc) is 2.68. The van der Waals surface area contributed by atoms with E-state index in [0.717, 1.165) is 7.14 Å². The van der Waals surface area contributed by atoms with Gasteiger partial charge < -0.3 is 9.47 Å². The Labute approximate surface area is 188 Å². The topological polar surface area (TPSA) is 69.7 Å². The van der Waals surface area contributed by atoms with Crippen molar-refractivity contribution in [1.82, 2.24) is 0 Å². The molecule has 0 saturated carbocycles. The molecule has 0 unspecified atom stereocenters. The van der Waals surface area contributed by atoms with Crippen molar-refractivity contribution in [2.45, 2.75) is 0 Å². The Morgan fingerprint density at radius 3 is 1.82 bits per heavy atom. The SMILES string of the molecule is O=Cc1ccc(OC(=O)c2ccccc2I)cc1OC(=O)c1ccccc1I. The Morgan fingerprint density at radius 1 is 0.750 bits per heavy atom. The molecule has 0 aromatic heterocycles. The summed E-state index contributed by atoms with van der Waals surface area (Å²) in [6.07, 6.45) is 0.574. The Kier molecular flexibility index (Phi) is 6.79. The molecule has 0 fully saturated rings. The molecule has 0 aliphatic heterocycles. The molecule has 5 nitrogen and oxygen atoms in total. The minimum Gasteiger partial charge on any atom is -0.423 e. The van der Waals surface area contributed by atoms with Gasteiger partial charge in [-0.25, -0.2) is 9.59 Å². The van der Waals surface area contributed by atoms with Crippen LogP contribution in [-0.4, -0.2) is 18.2 Å². The van der Waals surface area contributed by atoms with E-state index in [1.807, 2.05) is 51.2 Å². The highest BCUT2D eigenvalue weighted by Gasteiger charge is 2.17. The highest BCUT2D eigenvalue weighted by molar-refractivity contribution is 14.1. The zero-order valence-corrected chi connectivity index (χ0v) is 18.5. The minimum atomic E-state index is -0.603. The molecule has 0 aliphatic carbocycles. The second-order valence-corrected chi connectivity index (χ2v) is 7.88. The van der Waals surface area contributed by atoms with Crippen molar-refractivity contribution in [2.24, 2.45) is 0 Å². The standard InChI is InChI=1S/C21H12I2O5/c22-17-7-3-1-5-15(17)20(25)27-14-10-9-13(12-24)19(11-14)28-21(26)16-6-2-4-8-18(16)23/h1-12H. The number of hydrogen-bond donors (Lipinski definition) is 0. The van der Waals surface area contributed by atoms with Crippen LogP contribution in [0.5, 0.6) is 11.5 Å². The van der Waals surface area contributed by atoms with E-state index in [9.17, 15) is 14.4 Å². The molecule has 0 amide bonds. The van der Waals surface area contributed by atoms with Gasteiger partial charge in [-0.3, -0.25) is 4.79 Å². The van der Waals surface area contributed by atoms with E-state index in [-0.39, 0.29) is 17.1 Å². The van der Waals surface area contributed by atoms with Crippen LogP contribution in [0, 0.1) is 7.14 Å². The number of esters is 2. The molecule has 3 aromatic carbocycles. The normalized spacial score (nSPS) is 10.2. The Balaban J connectivity index is 1.85. The predicted molar refractivity (Wildman–Crippen MR) is 120 cm³/mol. The third kappa shape index (κ3) is 4.76. The summed E-state index contributed by atoms with van der Waals surface area (Å²) in [5.74, 6) is -0.957. The van der Waals surface area contributed by atoms with Gasteiger partial charge in [0.15, 0.2) is 6.29 Å². The lowest BCUT2D eigenvalue weighted by atomic mass is 10.2. The number of halogens is 2. The number of ether oxygens (including phenoxy) is 2. The number of rotatable bonds is 5. The number of benzene rings is 3. The number of carbonyl (C=O) groups excluding carboxylic acids is 3. The number of aldehydes is 1. The first-order valence-corrected chi connectivity index (χ1v) is 10.2. The molecule has 3 aromatic rings. The number of carbonyl (C=O) groups is 3. The van der Waals surface area contributed by atoms with Gasteiger partial charge in [-0.1, -0.05) is 24.3 Å². The highest BCUT2D eigenvalue weighted by atomic mass is 127. The molecule has 0 N–H and O–H groups in total. The van der Waals surface area contributed by atoms with Gasteiger partial charge in [0.2, 0.25) is 0 Å². The Bertz CT molecular complexity index is 1060. The maximum Gasteiger partial charge on any atom is 0.344 e. The lowest BCUT2D eigenvalue weighted by molar-refractivity contribution is 0.0731. The first-order chi connectivity index (χ1) is 13.5.